The van der Waals surface area contributed by atoms with E-state index in [1.807, 2.05) is 0 Å². The molecule has 0 heterocycles. The van der Waals surface area contributed by atoms with E-state index in [0.717, 1.165) is 18.3 Å². The van der Waals surface area contributed by atoms with E-state index < -0.39 is 0 Å². The molecule has 0 aromatic carbocycles. The fourth-order valence-corrected chi connectivity index (χ4v) is 3.50. The van der Waals surface area contributed by atoms with Crippen molar-refractivity contribution in [2.45, 2.75) is 103 Å². The molecule has 1 rings (SSSR count). The number of unbranched alkanes of at least 4 members (excludes halogenated alkanes) is 10. The number of aliphatic hydroxyl groups is 1. The minimum Gasteiger partial charge on any atom is -0.384 e. The van der Waals surface area contributed by atoms with Crippen LogP contribution in [-0.4, -0.2) is 11.7 Å². The summed E-state index contributed by atoms with van der Waals surface area (Å²) < 4.78 is 0. The molecule has 1 aliphatic carbocycles. The van der Waals surface area contributed by atoms with E-state index in [0.29, 0.717) is 0 Å². The zero-order chi connectivity index (χ0) is 15.9. The highest BCUT2D eigenvalue weighted by Crippen LogP contribution is 2.45. The SMILES string of the molecule is CCCCCCCCCC[C@@H]1C[C@@H]1CCCCCC#CCO. The molecular formula is C21H38O. The molecule has 1 fully saturated rings. The molecule has 0 aliphatic heterocycles. The summed E-state index contributed by atoms with van der Waals surface area (Å²) in [6, 6.07) is 0. The standard InChI is InChI=1S/C21H38O/c1-2-3-4-5-6-7-10-13-16-20-19-21(20)17-14-11-8-9-12-15-18-22/h20-22H,2-11,13-14,16-19H2,1H3/t20-,21+/m1/s1. The highest BCUT2D eigenvalue weighted by Gasteiger charge is 2.34. The van der Waals surface area contributed by atoms with Gasteiger partial charge in [-0.3, -0.25) is 0 Å². The molecule has 0 aromatic rings. The number of hydrogen-bond acceptors (Lipinski definition) is 1. The van der Waals surface area contributed by atoms with Crippen molar-refractivity contribution in [3.05, 3.63) is 0 Å². The molecular weight excluding hydrogens is 268 g/mol. The topological polar surface area (TPSA) is 20.2 Å². The fourth-order valence-electron chi connectivity index (χ4n) is 3.50. The van der Waals surface area contributed by atoms with Crippen LogP contribution in [0.15, 0.2) is 0 Å². The van der Waals surface area contributed by atoms with Crippen LogP contribution in [0.25, 0.3) is 0 Å². The maximum Gasteiger partial charge on any atom is 0.104 e. The molecule has 2 atom stereocenters. The second-order valence-corrected chi connectivity index (χ2v) is 7.13. The van der Waals surface area contributed by atoms with Gasteiger partial charge in [-0.05, 0) is 24.7 Å². The highest BCUT2D eigenvalue weighted by atomic mass is 16.2. The van der Waals surface area contributed by atoms with Gasteiger partial charge in [0.15, 0.2) is 0 Å². The monoisotopic (exact) mass is 306 g/mol. The Labute approximate surface area is 139 Å². The molecule has 22 heavy (non-hydrogen) atoms. The van der Waals surface area contributed by atoms with Crippen molar-refractivity contribution in [2.24, 2.45) is 11.8 Å². The third-order valence-corrected chi connectivity index (χ3v) is 5.08. The lowest BCUT2D eigenvalue weighted by Gasteiger charge is -2.02. The molecule has 0 saturated heterocycles. The zero-order valence-corrected chi connectivity index (χ0v) is 14.9. The van der Waals surface area contributed by atoms with E-state index in [-0.39, 0.29) is 6.61 Å². The van der Waals surface area contributed by atoms with Crippen molar-refractivity contribution in [3.63, 3.8) is 0 Å². The molecule has 0 radical (unpaired) electrons. The van der Waals surface area contributed by atoms with Gasteiger partial charge in [-0.25, -0.2) is 0 Å². The van der Waals surface area contributed by atoms with Gasteiger partial charge >= 0.3 is 0 Å². The maximum atomic E-state index is 8.56. The maximum absolute atomic E-state index is 8.56. The van der Waals surface area contributed by atoms with E-state index in [1.54, 1.807) is 0 Å². The Bertz CT molecular complexity index is 299. The summed E-state index contributed by atoms with van der Waals surface area (Å²) in [5.74, 6) is 7.86. The van der Waals surface area contributed by atoms with E-state index in [9.17, 15) is 0 Å². The third-order valence-electron chi connectivity index (χ3n) is 5.08. The fraction of sp³-hybridized carbons (Fsp3) is 0.905. The van der Waals surface area contributed by atoms with Crippen molar-refractivity contribution in [1.82, 2.24) is 0 Å². The number of rotatable bonds is 14. The molecule has 1 aliphatic rings. The van der Waals surface area contributed by atoms with E-state index in [1.165, 1.54) is 89.9 Å². The van der Waals surface area contributed by atoms with E-state index in [2.05, 4.69) is 18.8 Å². The second kappa shape index (κ2) is 14.1. The van der Waals surface area contributed by atoms with Gasteiger partial charge in [0.1, 0.15) is 6.61 Å². The molecule has 1 heteroatoms. The van der Waals surface area contributed by atoms with Gasteiger partial charge < -0.3 is 5.11 Å². The van der Waals surface area contributed by atoms with Crippen LogP contribution in [0.1, 0.15) is 103 Å². The lowest BCUT2D eigenvalue weighted by atomic mass is 10.0. The van der Waals surface area contributed by atoms with Crippen LogP contribution in [-0.2, 0) is 0 Å². The van der Waals surface area contributed by atoms with Crippen LogP contribution in [0.4, 0.5) is 0 Å². The average Bonchev–Trinajstić information content (AvgIpc) is 3.27. The summed E-state index contributed by atoms with van der Waals surface area (Å²) in [4.78, 5) is 0. The quantitative estimate of drug-likeness (QED) is 0.304. The van der Waals surface area contributed by atoms with Gasteiger partial charge in [0.25, 0.3) is 0 Å². The number of aliphatic hydroxyl groups excluding tert-OH is 1. The van der Waals surface area contributed by atoms with Crippen molar-refractivity contribution >= 4 is 0 Å². The van der Waals surface area contributed by atoms with Crippen LogP contribution in [0.5, 0.6) is 0 Å². The lowest BCUT2D eigenvalue weighted by Crippen LogP contribution is -1.87. The molecule has 0 amide bonds. The molecule has 0 aromatic heterocycles. The predicted molar refractivity (Wildman–Crippen MR) is 96.8 cm³/mol. The zero-order valence-electron chi connectivity index (χ0n) is 14.9. The van der Waals surface area contributed by atoms with Gasteiger partial charge in [0, 0.05) is 6.42 Å². The minimum atomic E-state index is 0.0164. The highest BCUT2D eigenvalue weighted by molar-refractivity contribution is 4.98. The predicted octanol–water partition coefficient (Wildman–Crippen LogP) is 6.10. The molecule has 0 unspecified atom stereocenters. The van der Waals surface area contributed by atoms with E-state index in [4.69, 9.17) is 5.11 Å². The summed E-state index contributed by atoms with van der Waals surface area (Å²) >= 11 is 0. The van der Waals surface area contributed by atoms with Gasteiger partial charge in [-0.1, -0.05) is 89.9 Å². The smallest absolute Gasteiger partial charge is 0.104 e. The lowest BCUT2D eigenvalue weighted by molar-refractivity contribution is 0.350. The first-order valence-corrected chi connectivity index (χ1v) is 9.95. The molecule has 1 nitrogen and oxygen atoms in total. The summed E-state index contributed by atoms with van der Waals surface area (Å²) in [6.45, 7) is 2.31. The van der Waals surface area contributed by atoms with Gasteiger partial charge in [-0.15, -0.1) is 5.92 Å². The third kappa shape index (κ3) is 11.1. The Hall–Kier alpha value is -0.480. The Morgan fingerprint density at radius 3 is 1.86 bits per heavy atom. The molecule has 0 spiro atoms. The first kappa shape index (κ1) is 19.6. The van der Waals surface area contributed by atoms with Crippen LogP contribution in [0.2, 0.25) is 0 Å². The summed E-state index contributed by atoms with van der Waals surface area (Å²) in [5.41, 5.74) is 0. The van der Waals surface area contributed by atoms with Crippen molar-refractivity contribution in [1.29, 1.82) is 0 Å². The summed E-state index contributed by atoms with van der Waals surface area (Å²) in [6.07, 6.45) is 20.9. The normalized spacial score (nSPS) is 19.7. The van der Waals surface area contributed by atoms with Crippen LogP contribution < -0.4 is 0 Å². The number of hydrogen-bond donors (Lipinski definition) is 1. The Morgan fingerprint density at radius 2 is 1.27 bits per heavy atom. The molecule has 1 saturated carbocycles. The Kier molecular flexibility index (Phi) is 12.6. The summed E-state index contributed by atoms with van der Waals surface area (Å²) in [5, 5.41) is 8.56. The van der Waals surface area contributed by atoms with Gasteiger partial charge in [0.2, 0.25) is 0 Å². The van der Waals surface area contributed by atoms with Crippen LogP contribution in [0, 0.1) is 23.7 Å². The van der Waals surface area contributed by atoms with Crippen molar-refractivity contribution < 1.29 is 5.11 Å². The Balaban J connectivity index is 1.77. The summed E-state index contributed by atoms with van der Waals surface area (Å²) in [7, 11) is 0. The van der Waals surface area contributed by atoms with Crippen molar-refractivity contribution in [2.75, 3.05) is 6.61 Å². The van der Waals surface area contributed by atoms with Crippen molar-refractivity contribution in [3.8, 4) is 11.8 Å². The average molecular weight is 307 g/mol. The van der Waals surface area contributed by atoms with Crippen LogP contribution in [0.3, 0.4) is 0 Å². The first-order valence-electron chi connectivity index (χ1n) is 9.95. The first-order chi connectivity index (χ1) is 10.9. The second-order valence-electron chi connectivity index (χ2n) is 7.13. The van der Waals surface area contributed by atoms with Gasteiger partial charge in [0.05, 0.1) is 0 Å². The molecule has 128 valence electrons. The molecule has 1 N–H and O–H groups in total. The largest absolute Gasteiger partial charge is 0.384 e. The minimum absolute atomic E-state index is 0.0164. The van der Waals surface area contributed by atoms with Crippen LogP contribution >= 0.6 is 0 Å². The molecule has 0 bridgehead atoms. The Morgan fingerprint density at radius 1 is 0.727 bits per heavy atom. The van der Waals surface area contributed by atoms with E-state index >= 15 is 0 Å². The van der Waals surface area contributed by atoms with Gasteiger partial charge in [-0.2, -0.15) is 0 Å².